The lowest BCUT2D eigenvalue weighted by Gasteiger charge is -2.28. The number of nitrogens with zero attached hydrogens (tertiary/aromatic N) is 4. The van der Waals surface area contributed by atoms with Crippen molar-refractivity contribution >= 4 is 29.4 Å². The maximum atomic E-state index is 14.6. The van der Waals surface area contributed by atoms with Crippen LogP contribution in [0, 0.1) is 24.0 Å². The van der Waals surface area contributed by atoms with E-state index in [0.29, 0.717) is 0 Å². The number of ether oxygens (including phenoxy) is 1. The highest BCUT2D eigenvalue weighted by atomic mass is 35.5. The monoisotopic (exact) mass is 438 g/mol. The van der Waals surface area contributed by atoms with Crippen LogP contribution in [0.15, 0.2) is 18.2 Å². The molecule has 1 atom stereocenters. The molecule has 0 unspecified atom stereocenters. The summed E-state index contributed by atoms with van der Waals surface area (Å²) >= 11 is 6.04. The summed E-state index contributed by atoms with van der Waals surface area (Å²) in [6.07, 6.45) is 0. The van der Waals surface area contributed by atoms with E-state index in [1.54, 1.807) is 4.90 Å². The second-order valence-corrected chi connectivity index (χ2v) is 7.21. The fraction of sp³-hybridized carbons (Fsp3) is 0.368. The predicted molar refractivity (Wildman–Crippen MR) is 108 cm³/mol. The third-order valence-electron chi connectivity index (χ3n) is 4.83. The molecular formula is C19H21ClF2N6O2. The van der Waals surface area contributed by atoms with Crippen LogP contribution in [-0.4, -0.2) is 60.5 Å². The van der Waals surface area contributed by atoms with Gasteiger partial charge >= 0.3 is 0 Å². The van der Waals surface area contributed by atoms with Crippen molar-refractivity contribution in [3.63, 3.8) is 0 Å². The van der Waals surface area contributed by atoms with Gasteiger partial charge in [-0.25, -0.2) is 9.37 Å². The van der Waals surface area contributed by atoms with Crippen LogP contribution in [0.3, 0.4) is 0 Å². The van der Waals surface area contributed by atoms with Crippen molar-refractivity contribution in [1.29, 1.82) is 5.41 Å². The Labute approximate surface area is 177 Å². The summed E-state index contributed by atoms with van der Waals surface area (Å²) < 4.78 is 33.7. The van der Waals surface area contributed by atoms with Crippen molar-refractivity contribution in [3.8, 4) is 5.88 Å². The fourth-order valence-corrected chi connectivity index (χ4v) is 3.33. The van der Waals surface area contributed by atoms with Gasteiger partial charge < -0.3 is 15.0 Å². The maximum Gasteiger partial charge on any atom is 0.255 e. The molecule has 1 aliphatic heterocycles. The smallest absolute Gasteiger partial charge is 0.255 e. The first kappa shape index (κ1) is 21.7. The largest absolute Gasteiger partial charge is 0.479 e. The Morgan fingerprint density at radius 1 is 1.33 bits per heavy atom. The van der Waals surface area contributed by atoms with Gasteiger partial charge in [-0.05, 0) is 25.1 Å². The zero-order chi connectivity index (χ0) is 22.0. The Kier molecular flexibility index (Phi) is 6.35. The van der Waals surface area contributed by atoms with Gasteiger partial charge in [0.15, 0.2) is 5.96 Å². The van der Waals surface area contributed by atoms with Crippen LogP contribution >= 0.6 is 11.6 Å². The molecule has 2 aromatic rings. The lowest BCUT2D eigenvalue weighted by Crippen LogP contribution is -2.44. The van der Waals surface area contributed by atoms with Crippen molar-refractivity contribution in [2.45, 2.75) is 12.8 Å². The minimum atomic E-state index is -1.01. The molecule has 30 heavy (non-hydrogen) atoms. The molecule has 1 aromatic heterocycles. The summed E-state index contributed by atoms with van der Waals surface area (Å²) in [5.41, 5.74) is 0.163. The molecule has 0 bridgehead atoms. The molecule has 1 saturated heterocycles. The third kappa shape index (κ3) is 4.28. The van der Waals surface area contributed by atoms with Crippen molar-refractivity contribution in [2.24, 2.45) is 0 Å². The van der Waals surface area contributed by atoms with Gasteiger partial charge in [0, 0.05) is 37.3 Å². The first-order valence-electron chi connectivity index (χ1n) is 9.11. The molecule has 8 nitrogen and oxygen atoms in total. The molecule has 2 N–H and O–H groups in total. The third-order valence-corrected chi connectivity index (χ3v) is 5.06. The maximum absolute atomic E-state index is 14.6. The van der Waals surface area contributed by atoms with Crippen LogP contribution in [0.25, 0.3) is 0 Å². The van der Waals surface area contributed by atoms with E-state index in [1.807, 2.05) is 0 Å². The van der Waals surface area contributed by atoms with Crippen molar-refractivity contribution in [1.82, 2.24) is 20.2 Å². The first-order chi connectivity index (χ1) is 14.2. The Hall–Kier alpha value is -3.01. The molecule has 0 spiro atoms. The van der Waals surface area contributed by atoms with E-state index in [2.05, 4.69) is 15.3 Å². The lowest BCUT2D eigenvalue weighted by atomic mass is 9.96. The topological polar surface area (TPSA) is 94.4 Å². The molecule has 0 saturated carbocycles. The summed E-state index contributed by atoms with van der Waals surface area (Å²) in [7, 11) is 2.73. The number of nitrogens with one attached hydrogen (secondary N) is 2. The van der Waals surface area contributed by atoms with Gasteiger partial charge in [0.25, 0.3) is 5.88 Å². The summed E-state index contributed by atoms with van der Waals surface area (Å²) in [5, 5.41) is 11.2. The number of rotatable bonds is 3. The minimum absolute atomic E-state index is 0.0103. The van der Waals surface area contributed by atoms with E-state index in [0.717, 1.165) is 4.90 Å². The molecule has 1 amide bonds. The molecule has 3 rings (SSSR count). The number of aromatic nitrogens is 2. The Balaban J connectivity index is 2.09. The number of hydrogen-bond donors (Lipinski definition) is 2. The normalized spacial score (nSPS) is 17.9. The molecule has 1 aliphatic rings. The van der Waals surface area contributed by atoms with E-state index in [9.17, 15) is 13.6 Å². The minimum Gasteiger partial charge on any atom is -0.479 e. The second-order valence-electron chi connectivity index (χ2n) is 6.77. The molecule has 11 heteroatoms. The average Bonchev–Trinajstić information content (AvgIpc) is 2.77. The summed E-state index contributed by atoms with van der Waals surface area (Å²) in [4.78, 5) is 24.1. The molecule has 160 valence electrons. The van der Waals surface area contributed by atoms with Crippen molar-refractivity contribution < 1.29 is 18.3 Å². The van der Waals surface area contributed by atoms with Crippen molar-refractivity contribution in [2.75, 3.05) is 38.7 Å². The van der Waals surface area contributed by atoms with Gasteiger partial charge in [-0.3, -0.25) is 15.1 Å². The number of anilines is 1. The molecule has 0 radical (unpaired) electrons. The van der Waals surface area contributed by atoms with Gasteiger partial charge in [-0.15, -0.1) is 0 Å². The van der Waals surface area contributed by atoms with E-state index >= 15 is 0 Å². The van der Waals surface area contributed by atoms with Gasteiger partial charge in [0.2, 0.25) is 17.7 Å². The summed E-state index contributed by atoms with van der Waals surface area (Å²) in [6.45, 7) is 2.02. The van der Waals surface area contributed by atoms with E-state index in [4.69, 9.17) is 21.7 Å². The summed E-state index contributed by atoms with van der Waals surface area (Å²) in [6, 6.07) is 3.97. The summed E-state index contributed by atoms with van der Waals surface area (Å²) in [5.74, 6) is -3.02. The van der Waals surface area contributed by atoms with E-state index in [1.165, 1.54) is 39.3 Å². The van der Waals surface area contributed by atoms with Crippen LogP contribution in [0.2, 0.25) is 5.02 Å². The number of benzene rings is 1. The average molecular weight is 439 g/mol. The highest BCUT2D eigenvalue weighted by Crippen LogP contribution is 2.28. The van der Waals surface area contributed by atoms with Gasteiger partial charge in [-0.1, -0.05) is 11.6 Å². The number of amides is 1. The Morgan fingerprint density at radius 2 is 2.07 bits per heavy atom. The quantitative estimate of drug-likeness (QED) is 0.763. The number of likely N-dealkylation sites (N-methyl/N-ethyl adjacent to an activating group) is 1. The molecule has 1 aromatic carbocycles. The van der Waals surface area contributed by atoms with Gasteiger partial charge in [0.1, 0.15) is 5.82 Å². The highest BCUT2D eigenvalue weighted by molar-refractivity contribution is 6.30. The number of carbonyl (C=O) groups excluding carboxylic acids is 1. The van der Waals surface area contributed by atoms with Crippen LogP contribution < -0.4 is 15.0 Å². The van der Waals surface area contributed by atoms with Crippen LogP contribution in [0.5, 0.6) is 5.88 Å². The highest BCUT2D eigenvalue weighted by Gasteiger charge is 2.33. The number of aryl methyl sites for hydroxylation is 1. The van der Waals surface area contributed by atoms with Gasteiger partial charge in [0.05, 0.1) is 18.7 Å². The van der Waals surface area contributed by atoms with Crippen LogP contribution in [0.1, 0.15) is 17.2 Å². The predicted octanol–water partition coefficient (Wildman–Crippen LogP) is 2.31. The SMILES string of the molecule is COc1nc(N2CCNC(=N)N(C)C(=O)[C@@H](c3cc(Cl)ccc3F)C2)nc(C)c1F. The first-order valence-corrected chi connectivity index (χ1v) is 9.48. The van der Waals surface area contributed by atoms with E-state index in [-0.39, 0.29) is 53.7 Å². The molecule has 0 aliphatic carbocycles. The number of guanidine groups is 1. The lowest BCUT2D eigenvalue weighted by molar-refractivity contribution is -0.128. The van der Waals surface area contributed by atoms with Crippen molar-refractivity contribution in [3.05, 3.63) is 46.1 Å². The molecule has 2 heterocycles. The molecule has 1 fully saturated rings. The number of carbonyl (C=O) groups is 1. The number of hydrogen-bond acceptors (Lipinski definition) is 6. The fourth-order valence-electron chi connectivity index (χ4n) is 3.15. The standard InChI is InChI=1S/C19H21ClF2N6O2/c1-10-15(22)16(30-3)26-19(25-10)28-7-6-24-18(23)27(2)17(29)13(9-28)12-8-11(20)4-5-14(12)21/h4-5,8,13H,6-7,9H2,1-3H3,(H2,23,24)/t13-/m1/s1. The number of halogens is 3. The molecular weight excluding hydrogens is 418 g/mol. The van der Waals surface area contributed by atoms with Gasteiger partial charge in [-0.2, -0.15) is 9.37 Å². The van der Waals surface area contributed by atoms with E-state index < -0.39 is 23.5 Å². The van der Waals surface area contributed by atoms with Crippen LogP contribution in [0.4, 0.5) is 14.7 Å². The zero-order valence-electron chi connectivity index (χ0n) is 16.7. The Morgan fingerprint density at radius 3 is 2.77 bits per heavy atom. The van der Waals surface area contributed by atoms with Crippen LogP contribution in [-0.2, 0) is 4.79 Å². The Bertz CT molecular complexity index is 990. The zero-order valence-corrected chi connectivity index (χ0v) is 17.4. The second kappa shape index (κ2) is 8.78. The number of methoxy groups -OCH3 is 1.